The number of hydrogen-bond donors (Lipinski definition) is 1. The van der Waals surface area contributed by atoms with Gasteiger partial charge in [-0.25, -0.2) is 9.78 Å². The van der Waals surface area contributed by atoms with E-state index >= 15 is 0 Å². The van der Waals surface area contributed by atoms with Crippen LogP contribution in [0, 0.1) is 20.8 Å². The monoisotopic (exact) mass is 379 g/mol. The van der Waals surface area contributed by atoms with Crippen LogP contribution in [0.4, 0.5) is 5.13 Å². The minimum Gasteiger partial charge on any atom is -0.465 e. The molecule has 2 aromatic heterocycles. The molecular weight excluding hydrogens is 358 g/mol. The first-order valence-corrected chi connectivity index (χ1v) is 8.68. The molecule has 0 aliphatic heterocycles. The second-order valence-electron chi connectivity index (χ2n) is 5.67. The molecule has 26 heavy (non-hydrogen) atoms. The Kier molecular flexibility index (Phi) is 6.27. The fourth-order valence-corrected chi connectivity index (χ4v) is 3.44. The zero-order valence-corrected chi connectivity index (χ0v) is 16.2. The molecule has 0 aliphatic carbocycles. The zero-order chi connectivity index (χ0) is 19.4. The van der Waals surface area contributed by atoms with Crippen molar-refractivity contribution < 1.29 is 19.1 Å². The van der Waals surface area contributed by atoms with E-state index < -0.39 is 17.4 Å². The lowest BCUT2D eigenvalue weighted by Gasteiger charge is -2.13. The van der Waals surface area contributed by atoms with E-state index in [9.17, 15) is 14.4 Å². The minimum atomic E-state index is -0.566. The normalized spacial score (nSPS) is 10.7. The first-order valence-electron chi connectivity index (χ1n) is 7.87. The third-order valence-corrected chi connectivity index (χ3v) is 4.89. The number of aryl methyl sites for hydroxylation is 3. The Balaban J connectivity index is 2.36. The molecule has 0 saturated heterocycles. The van der Waals surface area contributed by atoms with Crippen molar-refractivity contribution in [1.29, 1.82) is 0 Å². The number of carbonyl (C=O) groups is 2. The third-order valence-electron chi connectivity index (χ3n) is 3.84. The van der Waals surface area contributed by atoms with E-state index in [-0.39, 0.29) is 10.7 Å². The number of nitrogens with zero attached hydrogens (tertiary/aromatic N) is 2. The summed E-state index contributed by atoms with van der Waals surface area (Å²) >= 11 is 1.00. The maximum Gasteiger partial charge on any atom is 0.350 e. The van der Waals surface area contributed by atoms with Crippen molar-refractivity contribution in [3.05, 3.63) is 43.8 Å². The van der Waals surface area contributed by atoms with Gasteiger partial charge in [-0.3, -0.25) is 14.9 Å². The van der Waals surface area contributed by atoms with E-state index in [1.54, 1.807) is 33.9 Å². The number of carbonyl (C=O) groups excluding carboxylic acids is 2. The molecule has 2 heterocycles. The molecule has 2 aromatic rings. The Morgan fingerprint density at radius 2 is 1.96 bits per heavy atom. The molecule has 0 spiro atoms. The summed E-state index contributed by atoms with van der Waals surface area (Å²) in [5.41, 5.74) is 1.42. The van der Waals surface area contributed by atoms with Crippen molar-refractivity contribution in [2.75, 3.05) is 26.1 Å². The predicted molar refractivity (Wildman–Crippen MR) is 98.2 cm³/mol. The second kappa shape index (κ2) is 8.24. The van der Waals surface area contributed by atoms with Crippen LogP contribution in [-0.4, -0.2) is 42.3 Å². The number of amides is 1. The molecule has 0 aliphatic rings. The highest BCUT2D eigenvalue weighted by atomic mass is 32.1. The summed E-state index contributed by atoms with van der Waals surface area (Å²) in [5.74, 6) is -1.09. The van der Waals surface area contributed by atoms with Gasteiger partial charge in [0.15, 0.2) is 5.13 Å². The first kappa shape index (κ1) is 19.8. The SMILES string of the molecule is COCCn1c(C)cc(C)c(C(=O)Nc2nc(C)c(C(=O)OC)s2)c1=O. The quantitative estimate of drug-likeness (QED) is 0.770. The van der Waals surface area contributed by atoms with Crippen molar-refractivity contribution in [2.45, 2.75) is 27.3 Å². The summed E-state index contributed by atoms with van der Waals surface area (Å²) in [6, 6.07) is 1.78. The summed E-state index contributed by atoms with van der Waals surface area (Å²) in [5, 5.41) is 2.83. The lowest BCUT2D eigenvalue weighted by atomic mass is 10.1. The molecule has 0 radical (unpaired) electrons. The predicted octanol–water partition coefficient (Wildman–Crippen LogP) is 1.92. The number of aromatic nitrogens is 2. The molecule has 1 N–H and O–H groups in total. The molecule has 0 unspecified atom stereocenters. The Morgan fingerprint density at radius 1 is 1.27 bits per heavy atom. The Bertz CT molecular complexity index is 901. The molecule has 2 rings (SSSR count). The zero-order valence-electron chi connectivity index (χ0n) is 15.3. The molecule has 0 bridgehead atoms. The van der Waals surface area contributed by atoms with Crippen LogP contribution in [0.3, 0.4) is 0 Å². The summed E-state index contributed by atoms with van der Waals surface area (Å²) < 4.78 is 11.2. The van der Waals surface area contributed by atoms with Gasteiger partial charge in [0.05, 0.1) is 19.4 Å². The first-order chi connectivity index (χ1) is 12.3. The van der Waals surface area contributed by atoms with Gasteiger partial charge in [0, 0.05) is 19.3 Å². The van der Waals surface area contributed by atoms with Gasteiger partial charge in [0.1, 0.15) is 10.4 Å². The van der Waals surface area contributed by atoms with E-state index in [0.29, 0.717) is 29.3 Å². The van der Waals surface area contributed by atoms with Crippen LogP contribution < -0.4 is 10.9 Å². The third kappa shape index (κ3) is 4.00. The number of pyridine rings is 1. The van der Waals surface area contributed by atoms with Crippen LogP contribution in [0.5, 0.6) is 0 Å². The van der Waals surface area contributed by atoms with Crippen LogP contribution in [0.15, 0.2) is 10.9 Å². The molecule has 9 heteroatoms. The molecule has 8 nitrogen and oxygen atoms in total. The number of ether oxygens (including phenoxy) is 2. The summed E-state index contributed by atoms with van der Waals surface area (Å²) in [6.07, 6.45) is 0. The highest BCUT2D eigenvalue weighted by molar-refractivity contribution is 7.17. The standard InChI is InChI=1S/C17H21N3O5S/c1-9-8-10(2)20(6-7-24-4)15(22)12(9)14(21)19-17-18-11(3)13(26-17)16(23)25-5/h8H,6-7H2,1-5H3,(H,18,19,21). The van der Waals surface area contributed by atoms with E-state index in [4.69, 9.17) is 4.74 Å². The Labute approximate surface area is 154 Å². The van der Waals surface area contributed by atoms with Crippen LogP contribution in [-0.2, 0) is 16.0 Å². The number of methoxy groups -OCH3 is 2. The Hall–Kier alpha value is -2.52. The summed E-state index contributed by atoms with van der Waals surface area (Å²) in [4.78, 5) is 41.5. The average molecular weight is 379 g/mol. The van der Waals surface area contributed by atoms with Gasteiger partial charge in [-0.2, -0.15) is 0 Å². The van der Waals surface area contributed by atoms with Crippen LogP contribution in [0.25, 0.3) is 0 Å². The molecular formula is C17H21N3O5S. The molecule has 0 saturated carbocycles. The molecule has 1 amide bonds. The van der Waals surface area contributed by atoms with Crippen molar-refractivity contribution in [2.24, 2.45) is 0 Å². The van der Waals surface area contributed by atoms with Gasteiger partial charge in [-0.1, -0.05) is 11.3 Å². The van der Waals surface area contributed by atoms with Gasteiger partial charge < -0.3 is 14.0 Å². The minimum absolute atomic E-state index is 0.0409. The molecule has 0 atom stereocenters. The van der Waals surface area contributed by atoms with Crippen molar-refractivity contribution in [1.82, 2.24) is 9.55 Å². The number of anilines is 1. The van der Waals surface area contributed by atoms with E-state index in [1.165, 1.54) is 11.7 Å². The van der Waals surface area contributed by atoms with E-state index in [1.807, 2.05) is 0 Å². The summed E-state index contributed by atoms with van der Waals surface area (Å²) in [7, 11) is 2.82. The number of nitrogens with one attached hydrogen (secondary N) is 1. The number of thiazole rings is 1. The van der Waals surface area contributed by atoms with E-state index in [2.05, 4.69) is 15.0 Å². The van der Waals surface area contributed by atoms with Gasteiger partial charge >= 0.3 is 5.97 Å². The van der Waals surface area contributed by atoms with Gasteiger partial charge in [-0.05, 0) is 32.4 Å². The molecule has 0 fully saturated rings. The van der Waals surface area contributed by atoms with Crippen molar-refractivity contribution >= 4 is 28.3 Å². The number of rotatable bonds is 6. The highest BCUT2D eigenvalue weighted by Crippen LogP contribution is 2.23. The smallest absolute Gasteiger partial charge is 0.350 e. The van der Waals surface area contributed by atoms with Crippen molar-refractivity contribution in [3.8, 4) is 0 Å². The van der Waals surface area contributed by atoms with Gasteiger partial charge in [0.25, 0.3) is 11.5 Å². The second-order valence-corrected chi connectivity index (χ2v) is 6.67. The Morgan fingerprint density at radius 3 is 2.58 bits per heavy atom. The topological polar surface area (TPSA) is 99.5 Å². The lowest BCUT2D eigenvalue weighted by molar-refractivity contribution is 0.0605. The fraction of sp³-hybridized carbons (Fsp3) is 0.412. The molecule has 0 aromatic carbocycles. The average Bonchev–Trinajstić information content (AvgIpc) is 2.93. The largest absolute Gasteiger partial charge is 0.465 e. The lowest BCUT2D eigenvalue weighted by Crippen LogP contribution is -2.32. The number of hydrogen-bond acceptors (Lipinski definition) is 7. The van der Waals surface area contributed by atoms with Gasteiger partial charge in [-0.15, -0.1) is 0 Å². The summed E-state index contributed by atoms with van der Waals surface area (Å²) in [6.45, 7) is 5.87. The van der Waals surface area contributed by atoms with Gasteiger partial charge in [0.2, 0.25) is 0 Å². The van der Waals surface area contributed by atoms with Crippen molar-refractivity contribution in [3.63, 3.8) is 0 Å². The molecule has 140 valence electrons. The highest BCUT2D eigenvalue weighted by Gasteiger charge is 2.21. The maximum absolute atomic E-state index is 12.7. The van der Waals surface area contributed by atoms with Crippen LogP contribution in [0.1, 0.15) is 37.0 Å². The maximum atomic E-state index is 12.7. The van der Waals surface area contributed by atoms with Crippen LogP contribution in [0.2, 0.25) is 0 Å². The fourth-order valence-electron chi connectivity index (χ4n) is 2.56. The van der Waals surface area contributed by atoms with Crippen LogP contribution >= 0.6 is 11.3 Å². The number of esters is 1. The van der Waals surface area contributed by atoms with E-state index in [0.717, 1.165) is 17.0 Å².